The van der Waals surface area contributed by atoms with Crippen LogP contribution in [-0.2, 0) is 27.3 Å². The number of ether oxygens (including phenoxy) is 1. The fraction of sp³-hybridized carbons (Fsp3) is 0.174. The number of carbonyl (C=O) groups excluding carboxylic acids is 3. The number of hydrogen-bond acceptors (Lipinski definition) is 7. The number of nitrogens with zero attached hydrogens (tertiary/aromatic N) is 2. The van der Waals surface area contributed by atoms with Crippen LogP contribution in [0.4, 0.5) is 11.4 Å². The van der Waals surface area contributed by atoms with E-state index in [0.717, 1.165) is 17.2 Å². The van der Waals surface area contributed by atoms with Crippen LogP contribution in [0.25, 0.3) is 0 Å². The molecular formula is C23H18ClN3O7. The summed E-state index contributed by atoms with van der Waals surface area (Å²) in [5, 5.41) is 13.7. The Kier molecular flexibility index (Phi) is 6.60. The van der Waals surface area contributed by atoms with Crippen molar-refractivity contribution < 1.29 is 28.5 Å². The van der Waals surface area contributed by atoms with Gasteiger partial charge in [0.25, 0.3) is 17.5 Å². The van der Waals surface area contributed by atoms with E-state index < -0.39 is 41.0 Å². The van der Waals surface area contributed by atoms with Gasteiger partial charge < -0.3 is 19.4 Å². The molecule has 4 rings (SSSR count). The summed E-state index contributed by atoms with van der Waals surface area (Å²) in [5.74, 6) is -1.97. The van der Waals surface area contributed by atoms with Crippen molar-refractivity contribution in [2.45, 2.75) is 19.0 Å². The summed E-state index contributed by atoms with van der Waals surface area (Å²) in [6, 6.07) is 13.2. The maximum atomic E-state index is 13.0. The molecule has 174 valence electrons. The number of carbonyl (C=O) groups is 3. The lowest BCUT2D eigenvalue weighted by Crippen LogP contribution is -2.49. The predicted octanol–water partition coefficient (Wildman–Crippen LogP) is 3.59. The van der Waals surface area contributed by atoms with E-state index in [1.807, 2.05) is 24.3 Å². The first-order valence-electron chi connectivity index (χ1n) is 10.1. The molecule has 1 aliphatic heterocycles. The highest BCUT2D eigenvalue weighted by Crippen LogP contribution is 2.28. The smallest absolute Gasteiger partial charge is 0.329 e. The first-order chi connectivity index (χ1) is 16.3. The second-order valence-corrected chi connectivity index (χ2v) is 7.91. The number of amides is 2. The molecule has 0 radical (unpaired) electrons. The zero-order valence-corrected chi connectivity index (χ0v) is 18.4. The second-order valence-electron chi connectivity index (χ2n) is 7.47. The van der Waals surface area contributed by atoms with Crippen LogP contribution in [0.5, 0.6) is 0 Å². The molecule has 0 aliphatic carbocycles. The van der Waals surface area contributed by atoms with Crippen molar-refractivity contribution in [1.82, 2.24) is 4.90 Å². The Bertz CT molecular complexity index is 1260. The van der Waals surface area contributed by atoms with Crippen molar-refractivity contribution in [3.8, 4) is 0 Å². The largest absolute Gasteiger partial charge is 0.459 e. The van der Waals surface area contributed by atoms with Crippen LogP contribution in [0, 0.1) is 10.1 Å². The number of hydrogen-bond donors (Lipinski definition) is 1. The summed E-state index contributed by atoms with van der Waals surface area (Å²) in [7, 11) is 0. The zero-order valence-electron chi connectivity index (χ0n) is 17.6. The molecule has 1 atom stereocenters. The molecule has 1 aromatic heterocycles. The SMILES string of the molecule is O=C(COC(=O)C1Cc2ccccc2CN1C(=O)c1ccco1)Nc1ccc(Cl)cc1[N+](=O)[O-]. The van der Waals surface area contributed by atoms with Gasteiger partial charge in [-0.2, -0.15) is 0 Å². The molecule has 10 nitrogen and oxygen atoms in total. The van der Waals surface area contributed by atoms with Crippen LogP contribution in [0.15, 0.2) is 65.3 Å². The Hall–Kier alpha value is -4.18. The van der Waals surface area contributed by atoms with Gasteiger partial charge in [-0.3, -0.25) is 19.7 Å². The van der Waals surface area contributed by atoms with Crippen LogP contribution in [0.1, 0.15) is 21.7 Å². The number of benzene rings is 2. The Balaban J connectivity index is 1.47. The summed E-state index contributed by atoms with van der Waals surface area (Å²) in [6.45, 7) is -0.530. The minimum absolute atomic E-state index is 0.0740. The van der Waals surface area contributed by atoms with E-state index in [-0.39, 0.29) is 29.4 Å². The van der Waals surface area contributed by atoms with Crippen LogP contribution >= 0.6 is 11.6 Å². The molecule has 0 fully saturated rings. The fourth-order valence-corrected chi connectivity index (χ4v) is 3.84. The molecule has 1 unspecified atom stereocenters. The van der Waals surface area contributed by atoms with Crippen LogP contribution in [0.2, 0.25) is 5.02 Å². The van der Waals surface area contributed by atoms with Crippen molar-refractivity contribution in [2.24, 2.45) is 0 Å². The van der Waals surface area contributed by atoms with Crippen LogP contribution in [-0.4, -0.2) is 40.3 Å². The summed E-state index contributed by atoms with van der Waals surface area (Å²) in [4.78, 5) is 50.0. The summed E-state index contributed by atoms with van der Waals surface area (Å²) in [5.41, 5.74) is 1.29. The first kappa shape index (κ1) is 23.0. The third kappa shape index (κ3) is 4.91. The van der Waals surface area contributed by atoms with Crippen LogP contribution in [0.3, 0.4) is 0 Å². The van der Waals surface area contributed by atoms with Gasteiger partial charge in [0.1, 0.15) is 11.7 Å². The minimum Gasteiger partial charge on any atom is -0.459 e. The normalized spacial score (nSPS) is 14.7. The molecule has 0 saturated carbocycles. The molecule has 11 heteroatoms. The Labute approximate surface area is 198 Å². The maximum absolute atomic E-state index is 13.0. The molecule has 34 heavy (non-hydrogen) atoms. The molecule has 3 aromatic rings. The monoisotopic (exact) mass is 483 g/mol. The van der Waals surface area contributed by atoms with Crippen molar-refractivity contribution >= 4 is 40.8 Å². The number of anilines is 1. The molecule has 2 aromatic carbocycles. The second kappa shape index (κ2) is 9.75. The number of rotatable bonds is 6. The third-order valence-electron chi connectivity index (χ3n) is 5.29. The standard InChI is InChI=1S/C23H18ClN3O7/c24-16-7-8-17(18(11-16)27(31)32)25-21(28)13-34-23(30)19-10-14-4-1-2-5-15(14)12-26(19)22(29)20-6-3-9-33-20/h1-9,11,19H,10,12-13H2,(H,25,28). The summed E-state index contributed by atoms with van der Waals surface area (Å²) in [6.07, 6.45) is 1.56. The third-order valence-corrected chi connectivity index (χ3v) is 5.52. The summed E-state index contributed by atoms with van der Waals surface area (Å²) < 4.78 is 10.4. The van der Waals surface area contributed by atoms with Gasteiger partial charge in [0, 0.05) is 24.1 Å². The molecule has 1 aliphatic rings. The molecule has 2 amide bonds. The molecular weight excluding hydrogens is 466 g/mol. The molecule has 1 N–H and O–H groups in total. The van der Waals surface area contributed by atoms with E-state index in [1.54, 1.807) is 6.07 Å². The van der Waals surface area contributed by atoms with E-state index >= 15 is 0 Å². The average molecular weight is 484 g/mol. The number of nitrogens with one attached hydrogen (secondary N) is 1. The number of furan rings is 1. The Morgan fingerprint density at radius 3 is 2.62 bits per heavy atom. The molecule has 0 saturated heterocycles. The number of esters is 1. The molecule has 2 heterocycles. The fourth-order valence-electron chi connectivity index (χ4n) is 3.67. The van der Waals surface area contributed by atoms with Gasteiger partial charge in [-0.25, -0.2) is 4.79 Å². The Morgan fingerprint density at radius 2 is 1.91 bits per heavy atom. The predicted molar refractivity (Wildman–Crippen MR) is 120 cm³/mol. The Morgan fingerprint density at radius 1 is 1.15 bits per heavy atom. The number of fused-ring (bicyclic) bond motifs is 1. The topological polar surface area (TPSA) is 132 Å². The van der Waals surface area contributed by atoms with E-state index in [9.17, 15) is 24.5 Å². The minimum atomic E-state index is -0.981. The van der Waals surface area contributed by atoms with E-state index in [1.165, 1.54) is 29.4 Å². The lowest BCUT2D eigenvalue weighted by Gasteiger charge is -2.34. The summed E-state index contributed by atoms with van der Waals surface area (Å²) >= 11 is 5.77. The maximum Gasteiger partial charge on any atom is 0.329 e. The number of nitro benzene ring substituents is 1. The highest BCUT2D eigenvalue weighted by atomic mass is 35.5. The zero-order chi connectivity index (χ0) is 24.2. The van der Waals surface area contributed by atoms with Crippen molar-refractivity contribution in [3.05, 3.63) is 92.9 Å². The van der Waals surface area contributed by atoms with Gasteiger partial charge in [0.05, 0.1) is 11.2 Å². The van der Waals surface area contributed by atoms with E-state index in [4.69, 9.17) is 20.8 Å². The first-order valence-corrected chi connectivity index (χ1v) is 10.5. The van der Waals surface area contributed by atoms with Gasteiger partial charge in [-0.15, -0.1) is 0 Å². The molecule has 0 bridgehead atoms. The van der Waals surface area contributed by atoms with Crippen molar-refractivity contribution in [2.75, 3.05) is 11.9 Å². The average Bonchev–Trinajstić information content (AvgIpc) is 3.37. The van der Waals surface area contributed by atoms with E-state index in [2.05, 4.69) is 5.32 Å². The molecule has 0 spiro atoms. The lowest BCUT2D eigenvalue weighted by molar-refractivity contribution is -0.383. The highest BCUT2D eigenvalue weighted by Gasteiger charge is 2.37. The number of halogens is 1. The highest BCUT2D eigenvalue weighted by molar-refractivity contribution is 6.31. The van der Waals surface area contributed by atoms with Gasteiger partial charge in [-0.1, -0.05) is 35.9 Å². The number of nitro groups is 1. The van der Waals surface area contributed by atoms with Gasteiger partial charge in [0.15, 0.2) is 12.4 Å². The van der Waals surface area contributed by atoms with Gasteiger partial charge in [-0.05, 0) is 35.4 Å². The van der Waals surface area contributed by atoms with Crippen molar-refractivity contribution in [1.29, 1.82) is 0 Å². The quantitative estimate of drug-likeness (QED) is 0.322. The lowest BCUT2D eigenvalue weighted by atomic mass is 9.93. The van der Waals surface area contributed by atoms with E-state index in [0.29, 0.717) is 0 Å². The van der Waals surface area contributed by atoms with Gasteiger partial charge in [0.2, 0.25) is 0 Å². The van der Waals surface area contributed by atoms with Crippen molar-refractivity contribution in [3.63, 3.8) is 0 Å². The van der Waals surface area contributed by atoms with Gasteiger partial charge >= 0.3 is 5.97 Å². The van der Waals surface area contributed by atoms with Crippen LogP contribution < -0.4 is 5.32 Å².